The van der Waals surface area contributed by atoms with Gasteiger partial charge in [-0.3, -0.25) is 14.8 Å². The lowest BCUT2D eigenvalue weighted by atomic mass is 9.91. The molecule has 1 aromatic rings. The number of carbonyl (C=O) groups excluding carboxylic acids is 1. The van der Waals surface area contributed by atoms with E-state index in [1.54, 1.807) is 7.11 Å². The summed E-state index contributed by atoms with van der Waals surface area (Å²) in [4.78, 5) is 14.3. The molecule has 2 rings (SSSR count). The van der Waals surface area contributed by atoms with E-state index in [1.807, 2.05) is 18.0 Å². The van der Waals surface area contributed by atoms with Gasteiger partial charge in [-0.2, -0.15) is 5.10 Å². The summed E-state index contributed by atoms with van der Waals surface area (Å²) in [5, 5.41) is 10.0. The van der Waals surface area contributed by atoms with E-state index < -0.39 is 0 Å². The van der Waals surface area contributed by atoms with Gasteiger partial charge in [0.05, 0.1) is 12.1 Å². The average molecular weight is 294 g/mol. The summed E-state index contributed by atoms with van der Waals surface area (Å²) < 4.78 is 5.33. The smallest absolute Gasteiger partial charge is 0.243 e. The average Bonchev–Trinajstić information content (AvgIpc) is 2.94. The Kier molecular flexibility index (Phi) is 4.68. The zero-order valence-corrected chi connectivity index (χ0v) is 13.6. The fraction of sp³-hybridized carbons (Fsp3) is 0.733. The van der Waals surface area contributed by atoms with E-state index in [9.17, 15) is 4.79 Å². The topological polar surface area (TPSA) is 70.2 Å². The lowest BCUT2D eigenvalue weighted by molar-refractivity contribution is -0.120. The molecule has 21 heavy (non-hydrogen) atoms. The molecule has 1 aliphatic heterocycles. The molecule has 1 amide bonds. The Morgan fingerprint density at radius 2 is 2.29 bits per heavy atom. The highest BCUT2D eigenvalue weighted by Gasteiger charge is 2.34. The van der Waals surface area contributed by atoms with Gasteiger partial charge in [-0.1, -0.05) is 20.8 Å². The van der Waals surface area contributed by atoms with Crippen molar-refractivity contribution in [2.75, 3.05) is 26.0 Å². The zero-order chi connectivity index (χ0) is 15.6. The summed E-state index contributed by atoms with van der Waals surface area (Å²) in [6.45, 7) is 7.30. The molecular formula is C15H26N4O2. The molecule has 2 atom stereocenters. The van der Waals surface area contributed by atoms with Crippen LogP contribution < -0.4 is 5.32 Å². The Morgan fingerprint density at radius 1 is 1.57 bits per heavy atom. The van der Waals surface area contributed by atoms with Gasteiger partial charge < -0.3 is 10.1 Å². The molecule has 2 N–H and O–H groups in total. The number of aromatic amines is 1. The number of anilines is 1. The van der Waals surface area contributed by atoms with Gasteiger partial charge >= 0.3 is 0 Å². The molecule has 6 nitrogen and oxygen atoms in total. The molecular weight excluding hydrogens is 268 g/mol. The summed E-state index contributed by atoms with van der Waals surface area (Å²) in [5.74, 6) is 0.569. The Bertz CT molecular complexity index is 492. The van der Waals surface area contributed by atoms with Gasteiger partial charge in [0.15, 0.2) is 5.82 Å². The number of hydrogen-bond acceptors (Lipinski definition) is 4. The van der Waals surface area contributed by atoms with E-state index in [4.69, 9.17) is 4.74 Å². The fourth-order valence-electron chi connectivity index (χ4n) is 2.73. The summed E-state index contributed by atoms with van der Waals surface area (Å²) >= 11 is 0. The van der Waals surface area contributed by atoms with Crippen LogP contribution in [-0.2, 0) is 16.0 Å². The van der Waals surface area contributed by atoms with Crippen LogP contribution in [0.25, 0.3) is 0 Å². The third-order valence-electron chi connectivity index (χ3n) is 3.75. The van der Waals surface area contributed by atoms with Crippen molar-refractivity contribution < 1.29 is 9.53 Å². The van der Waals surface area contributed by atoms with Crippen molar-refractivity contribution >= 4 is 11.7 Å². The lowest BCUT2D eigenvalue weighted by Crippen LogP contribution is -2.37. The maximum atomic E-state index is 12.3. The zero-order valence-electron chi connectivity index (χ0n) is 13.6. The van der Waals surface area contributed by atoms with Crippen molar-refractivity contribution in [3.05, 3.63) is 11.8 Å². The molecule has 0 saturated carbocycles. The minimum Gasteiger partial charge on any atom is -0.380 e. The van der Waals surface area contributed by atoms with Gasteiger partial charge in [-0.15, -0.1) is 0 Å². The van der Waals surface area contributed by atoms with Crippen LogP contribution in [0.4, 0.5) is 5.82 Å². The van der Waals surface area contributed by atoms with Crippen molar-refractivity contribution in [2.45, 2.75) is 45.8 Å². The maximum absolute atomic E-state index is 12.3. The number of rotatable bonds is 4. The van der Waals surface area contributed by atoms with E-state index in [1.165, 1.54) is 0 Å². The van der Waals surface area contributed by atoms with Gasteiger partial charge in [-0.25, -0.2) is 0 Å². The third-order valence-corrected chi connectivity index (χ3v) is 3.75. The van der Waals surface area contributed by atoms with Crippen LogP contribution in [0.5, 0.6) is 0 Å². The highest BCUT2D eigenvalue weighted by atomic mass is 16.5. The number of carbonyl (C=O) groups is 1. The summed E-state index contributed by atoms with van der Waals surface area (Å²) in [7, 11) is 3.63. The first-order valence-corrected chi connectivity index (χ1v) is 7.36. The normalized spacial score (nSPS) is 23.5. The monoisotopic (exact) mass is 294 g/mol. The standard InChI is InChI=1S/C15H26N4O2/c1-15(2,3)8-10-6-13(18-17-10)16-14(20)12-7-11(21-5)9-19(12)4/h6,11-12H,7-9H2,1-5H3,(H2,16,17,18,20)/t11-,12-/m0/s1. The second kappa shape index (κ2) is 6.15. The van der Waals surface area contributed by atoms with Crippen LogP contribution in [0.2, 0.25) is 0 Å². The molecule has 6 heteroatoms. The Morgan fingerprint density at radius 3 is 2.86 bits per heavy atom. The van der Waals surface area contributed by atoms with Crippen LogP contribution >= 0.6 is 0 Å². The van der Waals surface area contributed by atoms with Crippen LogP contribution in [0.3, 0.4) is 0 Å². The van der Waals surface area contributed by atoms with Crippen molar-refractivity contribution in [1.82, 2.24) is 15.1 Å². The molecule has 0 aromatic carbocycles. The second-order valence-electron chi connectivity index (χ2n) is 7.05. The molecule has 0 unspecified atom stereocenters. The first-order chi connectivity index (χ1) is 9.78. The highest BCUT2D eigenvalue weighted by molar-refractivity contribution is 5.94. The summed E-state index contributed by atoms with van der Waals surface area (Å²) in [5.41, 5.74) is 1.22. The first-order valence-electron chi connectivity index (χ1n) is 7.36. The van der Waals surface area contributed by atoms with Crippen molar-refractivity contribution in [1.29, 1.82) is 0 Å². The van der Waals surface area contributed by atoms with E-state index in [2.05, 4.69) is 36.3 Å². The molecule has 118 valence electrons. The van der Waals surface area contributed by atoms with Gasteiger partial charge in [0.1, 0.15) is 0 Å². The first kappa shape index (κ1) is 16.0. The predicted octanol–water partition coefficient (Wildman–Crippen LogP) is 1.66. The van der Waals surface area contributed by atoms with Crippen molar-refractivity contribution in [3.8, 4) is 0 Å². The molecule has 0 spiro atoms. The predicted molar refractivity (Wildman–Crippen MR) is 82.2 cm³/mol. The number of aromatic nitrogens is 2. The molecule has 0 bridgehead atoms. The van der Waals surface area contributed by atoms with Gasteiger partial charge in [0.2, 0.25) is 5.91 Å². The van der Waals surface area contributed by atoms with E-state index >= 15 is 0 Å². The molecule has 1 aliphatic rings. The van der Waals surface area contributed by atoms with Crippen LogP contribution in [0.15, 0.2) is 6.07 Å². The van der Waals surface area contributed by atoms with Gasteiger partial charge in [-0.05, 0) is 25.3 Å². The van der Waals surface area contributed by atoms with Gasteiger partial charge in [0.25, 0.3) is 0 Å². The highest BCUT2D eigenvalue weighted by Crippen LogP contribution is 2.22. The number of likely N-dealkylation sites (tertiary alicyclic amines) is 1. The molecule has 1 fully saturated rings. The van der Waals surface area contributed by atoms with E-state index in [0.29, 0.717) is 5.82 Å². The quantitative estimate of drug-likeness (QED) is 0.886. The molecule has 0 aliphatic carbocycles. The maximum Gasteiger partial charge on any atom is 0.243 e. The minimum absolute atomic E-state index is 0.0224. The van der Waals surface area contributed by atoms with E-state index in [-0.39, 0.29) is 23.5 Å². The SMILES string of the molecule is CO[C@H]1C[C@@H](C(=O)Nc2cc(CC(C)(C)C)[nH]n2)N(C)C1. The third kappa shape index (κ3) is 4.28. The molecule has 1 saturated heterocycles. The molecule has 0 radical (unpaired) electrons. The lowest BCUT2D eigenvalue weighted by Gasteiger charge is -2.17. The number of H-pyrrole nitrogens is 1. The van der Waals surface area contributed by atoms with Gasteiger partial charge in [0, 0.05) is 25.4 Å². The van der Waals surface area contributed by atoms with Crippen LogP contribution in [0.1, 0.15) is 32.9 Å². The summed E-state index contributed by atoms with van der Waals surface area (Å²) in [6.07, 6.45) is 1.74. The number of hydrogen-bond donors (Lipinski definition) is 2. The largest absolute Gasteiger partial charge is 0.380 e. The van der Waals surface area contributed by atoms with Crippen LogP contribution in [-0.4, -0.2) is 53.9 Å². The number of nitrogens with one attached hydrogen (secondary N) is 2. The van der Waals surface area contributed by atoms with Crippen LogP contribution in [0, 0.1) is 5.41 Å². The molecule has 2 heterocycles. The number of likely N-dealkylation sites (N-methyl/N-ethyl adjacent to an activating group) is 1. The number of methoxy groups -OCH3 is 1. The number of amides is 1. The van der Waals surface area contributed by atoms with Crippen molar-refractivity contribution in [3.63, 3.8) is 0 Å². The molecule has 1 aromatic heterocycles. The Balaban J connectivity index is 1.94. The Labute approximate surface area is 126 Å². The van der Waals surface area contributed by atoms with E-state index in [0.717, 1.165) is 25.1 Å². The van der Waals surface area contributed by atoms with Crippen molar-refractivity contribution in [2.24, 2.45) is 5.41 Å². The number of ether oxygens (including phenoxy) is 1. The second-order valence-corrected chi connectivity index (χ2v) is 7.05. The summed E-state index contributed by atoms with van der Waals surface area (Å²) in [6, 6.07) is 1.75. The fourth-order valence-corrected chi connectivity index (χ4v) is 2.73. The number of nitrogens with zero attached hydrogens (tertiary/aromatic N) is 2. The Hall–Kier alpha value is -1.40. The minimum atomic E-state index is -0.155.